The van der Waals surface area contributed by atoms with Gasteiger partial charge in [0.25, 0.3) is 5.91 Å². The van der Waals surface area contributed by atoms with Crippen molar-refractivity contribution >= 4 is 11.9 Å². The highest BCUT2D eigenvalue weighted by Crippen LogP contribution is 2.13. The molecule has 0 saturated carbocycles. The first-order valence-corrected chi connectivity index (χ1v) is 7.24. The standard InChI is InChI=1S/C15H25N3O3/c1-10(2)6-7-18-12(4)13(8-16-18)14(19)17(5)9-11(3)15(20)21/h8,10-11H,6-7,9H2,1-5H3,(H,20,21). The van der Waals surface area contributed by atoms with E-state index in [1.165, 1.54) is 4.90 Å². The molecule has 1 rings (SSSR count). The molecule has 0 saturated heterocycles. The molecule has 1 aromatic heterocycles. The maximum atomic E-state index is 12.4. The minimum absolute atomic E-state index is 0.184. The van der Waals surface area contributed by atoms with Gasteiger partial charge in [-0.2, -0.15) is 5.10 Å². The summed E-state index contributed by atoms with van der Waals surface area (Å²) in [5.74, 6) is -1.10. The summed E-state index contributed by atoms with van der Waals surface area (Å²) < 4.78 is 1.84. The van der Waals surface area contributed by atoms with Crippen molar-refractivity contribution in [2.75, 3.05) is 13.6 Å². The third-order valence-corrected chi connectivity index (χ3v) is 3.57. The van der Waals surface area contributed by atoms with Crippen molar-refractivity contribution in [1.82, 2.24) is 14.7 Å². The molecule has 1 N–H and O–H groups in total. The van der Waals surface area contributed by atoms with Gasteiger partial charge in [0.2, 0.25) is 0 Å². The average molecular weight is 295 g/mol. The monoisotopic (exact) mass is 295 g/mol. The quantitative estimate of drug-likeness (QED) is 0.835. The zero-order chi connectivity index (χ0) is 16.2. The smallest absolute Gasteiger partial charge is 0.308 e. The predicted octanol–water partition coefficient (Wildman–Crippen LogP) is 2.03. The van der Waals surface area contributed by atoms with E-state index >= 15 is 0 Å². The SMILES string of the molecule is Cc1c(C(=O)N(C)CC(C)C(=O)O)cnn1CCC(C)C. The van der Waals surface area contributed by atoms with E-state index in [1.807, 2.05) is 11.6 Å². The summed E-state index contributed by atoms with van der Waals surface area (Å²) in [7, 11) is 1.62. The molecule has 21 heavy (non-hydrogen) atoms. The van der Waals surface area contributed by atoms with E-state index in [1.54, 1.807) is 20.2 Å². The molecule has 0 spiro atoms. The van der Waals surface area contributed by atoms with E-state index in [9.17, 15) is 9.59 Å². The second-order valence-corrected chi connectivity index (χ2v) is 5.97. The summed E-state index contributed by atoms with van der Waals surface area (Å²) in [5.41, 5.74) is 1.37. The molecule has 118 valence electrons. The van der Waals surface area contributed by atoms with E-state index in [-0.39, 0.29) is 12.5 Å². The number of hydrogen-bond acceptors (Lipinski definition) is 3. The second kappa shape index (κ2) is 7.24. The summed E-state index contributed by atoms with van der Waals surface area (Å²) in [6.45, 7) is 8.72. The van der Waals surface area contributed by atoms with Crippen molar-refractivity contribution in [3.63, 3.8) is 0 Å². The minimum Gasteiger partial charge on any atom is -0.481 e. The molecule has 0 bridgehead atoms. The van der Waals surface area contributed by atoms with E-state index in [0.717, 1.165) is 18.7 Å². The Morgan fingerprint density at radius 2 is 2.00 bits per heavy atom. The third kappa shape index (κ3) is 4.58. The maximum absolute atomic E-state index is 12.4. The number of aryl methyl sites for hydroxylation is 1. The fourth-order valence-electron chi connectivity index (χ4n) is 2.04. The molecular weight excluding hydrogens is 270 g/mol. The number of nitrogens with zero attached hydrogens (tertiary/aromatic N) is 3. The van der Waals surface area contributed by atoms with Crippen LogP contribution in [0.4, 0.5) is 0 Å². The highest BCUT2D eigenvalue weighted by atomic mass is 16.4. The molecule has 6 heteroatoms. The number of carbonyl (C=O) groups is 2. The first-order chi connectivity index (χ1) is 9.73. The summed E-state index contributed by atoms with van der Waals surface area (Å²) in [6, 6.07) is 0. The molecule has 0 aliphatic carbocycles. The molecule has 1 aromatic rings. The van der Waals surface area contributed by atoms with Crippen molar-refractivity contribution < 1.29 is 14.7 Å². The Balaban J connectivity index is 2.76. The van der Waals surface area contributed by atoms with Gasteiger partial charge in [-0.05, 0) is 19.3 Å². The van der Waals surface area contributed by atoms with E-state index in [2.05, 4.69) is 18.9 Å². The molecule has 0 radical (unpaired) electrons. The predicted molar refractivity (Wildman–Crippen MR) is 80.2 cm³/mol. The number of rotatable bonds is 7. The van der Waals surface area contributed by atoms with Crippen molar-refractivity contribution in [3.8, 4) is 0 Å². The largest absolute Gasteiger partial charge is 0.481 e. The van der Waals surface area contributed by atoms with Crippen LogP contribution in [0.3, 0.4) is 0 Å². The summed E-state index contributed by atoms with van der Waals surface area (Å²) in [4.78, 5) is 24.7. The van der Waals surface area contributed by atoms with Crippen molar-refractivity contribution in [2.45, 2.75) is 40.7 Å². The van der Waals surface area contributed by atoms with Gasteiger partial charge < -0.3 is 10.0 Å². The topological polar surface area (TPSA) is 75.4 Å². The van der Waals surface area contributed by atoms with Crippen LogP contribution in [0.25, 0.3) is 0 Å². The number of carbonyl (C=O) groups excluding carboxylic acids is 1. The van der Waals surface area contributed by atoms with E-state index in [4.69, 9.17) is 5.11 Å². The highest BCUT2D eigenvalue weighted by molar-refractivity contribution is 5.95. The van der Waals surface area contributed by atoms with E-state index < -0.39 is 11.9 Å². The zero-order valence-electron chi connectivity index (χ0n) is 13.5. The van der Waals surface area contributed by atoms with Crippen LogP contribution in [-0.2, 0) is 11.3 Å². The molecule has 1 heterocycles. The molecule has 0 aliphatic heterocycles. The zero-order valence-corrected chi connectivity index (χ0v) is 13.5. The Labute approximate surface area is 125 Å². The number of hydrogen-bond donors (Lipinski definition) is 1. The van der Waals surface area contributed by atoms with Gasteiger partial charge in [-0.3, -0.25) is 14.3 Å². The van der Waals surface area contributed by atoms with Gasteiger partial charge in [0.05, 0.1) is 17.7 Å². The molecule has 1 unspecified atom stereocenters. The first-order valence-electron chi connectivity index (χ1n) is 7.24. The van der Waals surface area contributed by atoms with Crippen molar-refractivity contribution in [2.24, 2.45) is 11.8 Å². The molecule has 0 fully saturated rings. The Morgan fingerprint density at radius 1 is 1.38 bits per heavy atom. The van der Waals surface area contributed by atoms with Crippen molar-refractivity contribution in [3.05, 3.63) is 17.5 Å². The number of aromatic nitrogens is 2. The number of carboxylic acid groups (broad SMARTS) is 1. The molecule has 0 aromatic carbocycles. The Hall–Kier alpha value is -1.85. The van der Waals surface area contributed by atoms with Gasteiger partial charge in [-0.15, -0.1) is 0 Å². The normalized spacial score (nSPS) is 12.5. The van der Waals surface area contributed by atoms with Gasteiger partial charge in [0, 0.05) is 25.8 Å². The van der Waals surface area contributed by atoms with Gasteiger partial charge in [-0.1, -0.05) is 20.8 Å². The average Bonchev–Trinajstić information content (AvgIpc) is 2.76. The number of amides is 1. The van der Waals surface area contributed by atoms with Crippen LogP contribution >= 0.6 is 0 Å². The van der Waals surface area contributed by atoms with Crippen LogP contribution in [0.1, 0.15) is 43.2 Å². The Kier molecular flexibility index (Phi) is 5.93. The van der Waals surface area contributed by atoms with Gasteiger partial charge in [0.1, 0.15) is 0 Å². The fourth-order valence-corrected chi connectivity index (χ4v) is 2.04. The Morgan fingerprint density at radius 3 is 2.52 bits per heavy atom. The fraction of sp³-hybridized carbons (Fsp3) is 0.667. The first kappa shape index (κ1) is 17.2. The van der Waals surface area contributed by atoms with Crippen LogP contribution < -0.4 is 0 Å². The lowest BCUT2D eigenvalue weighted by atomic mass is 10.1. The lowest BCUT2D eigenvalue weighted by Gasteiger charge is -2.19. The molecule has 1 atom stereocenters. The van der Waals surface area contributed by atoms with Crippen LogP contribution in [0, 0.1) is 18.8 Å². The number of carboxylic acids is 1. The lowest BCUT2D eigenvalue weighted by molar-refractivity contribution is -0.141. The lowest BCUT2D eigenvalue weighted by Crippen LogP contribution is -2.33. The van der Waals surface area contributed by atoms with E-state index in [0.29, 0.717) is 11.5 Å². The summed E-state index contributed by atoms with van der Waals surface area (Å²) >= 11 is 0. The van der Waals surface area contributed by atoms with Gasteiger partial charge in [-0.25, -0.2) is 0 Å². The molecule has 6 nitrogen and oxygen atoms in total. The number of aliphatic carboxylic acids is 1. The summed E-state index contributed by atoms with van der Waals surface area (Å²) in [5, 5.41) is 13.2. The Bertz CT molecular complexity index is 508. The molecular formula is C15H25N3O3. The van der Waals surface area contributed by atoms with Gasteiger partial charge in [0.15, 0.2) is 0 Å². The maximum Gasteiger partial charge on any atom is 0.308 e. The molecule has 0 aliphatic rings. The third-order valence-electron chi connectivity index (χ3n) is 3.57. The molecule has 1 amide bonds. The van der Waals surface area contributed by atoms with Gasteiger partial charge >= 0.3 is 5.97 Å². The highest BCUT2D eigenvalue weighted by Gasteiger charge is 2.21. The van der Waals surface area contributed by atoms with Crippen LogP contribution in [0.15, 0.2) is 6.20 Å². The van der Waals surface area contributed by atoms with Crippen LogP contribution in [-0.4, -0.2) is 45.3 Å². The van der Waals surface area contributed by atoms with Crippen molar-refractivity contribution in [1.29, 1.82) is 0 Å². The second-order valence-electron chi connectivity index (χ2n) is 5.97. The summed E-state index contributed by atoms with van der Waals surface area (Å²) in [6.07, 6.45) is 2.57. The minimum atomic E-state index is -0.904. The van der Waals surface area contributed by atoms with Crippen LogP contribution in [0.5, 0.6) is 0 Å². The van der Waals surface area contributed by atoms with Crippen LogP contribution in [0.2, 0.25) is 0 Å².